The van der Waals surface area contributed by atoms with E-state index in [0.29, 0.717) is 0 Å². The van der Waals surface area contributed by atoms with E-state index in [2.05, 4.69) is 5.32 Å². The molecule has 0 radical (unpaired) electrons. The van der Waals surface area contributed by atoms with Gasteiger partial charge < -0.3 is 36.1 Å². The van der Waals surface area contributed by atoms with E-state index in [0.717, 1.165) is 11.8 Å². The second-order valence-corrected chi connectivity index (χ2v) is 7.97. The van der Waals surface area contributed by atoms with Gasteiger partial charge in [-0.2, -0.15) is 0 Å². The topological polar surface area (TPSA) is 251 Å². The molecule has 0 aliphatic heterocycles. The summed E-state index contributed by atoms with van der Waals surface area (Å²) in [5.74, 6) is -9.05. The second-order valence-electron chi connectivity index (χ2n) is 7.97. The van der Waals surface area contributed by atoms with Crippen molar-refractivity contribution in [3.8, 4) is 0 Å². The van der Waals surface area contributed by atoms with Gasteiger partial charge in [0.2, 0.25) is 23.6 Å². The summed E-state index contributed by atoms with van der Waals surface area (Å²) >= 11 is 0. The first kappa shape index (κ1) is 31.1. The summed E-state index contributed by atoms with van der Waals surface area (Å²) in [6.07, 6.45) is -2.50. The fourth-order valence-corrected chi connectivity index (χ4v) is 3.16. The highest BCUT2D eigenvalue weighted by Gasteiger charge is 2.38. The van der Waals surface area contributed by atoms with E-state index in [9.17, 15) is 38.4 Å². The van der Waals surface area contributed by atoms with Crippen molar-refractivity contribution in [2.45, 2.75) is 70.6 Å². The zero-order valence-electron chi connectivity index (χ0n) is 19.4. The Morgan fingerprint density at radius 3 is 1.83 bits per heavy atom. The van der Waals surface area contributed by atoms with E-state index in [1.54, 1.807) is 0 Å². The molecule has 0 aromatic rings. The average molecular weight is 502 g/mol. The predicted octanol–water partition coefficient (Wildman–Crippen LogP) is -2.30. The molecule has 0 fully saturated rings. The number of carbonyl (C=O) groups is 8. The number of carboxylic acid groups (broad SMARTS) is 3. The van der Waals surface area contributed by atoms with Gasteiger partial charge in [0.05, 0.1) is 24.9 Å². The van der Waals surface area contributed by atoms with Gasteiger partial charge in [-0.1, -0.05) is 13.8 Å². The first-order chi connectivity index (χ1) is 16.1. The molecule has 15 heteroatoms. The summed E-state index contributed by atoms with van der Waals surface area (Å²) in [4.78, 5) is 95.0. The van der Waals surface area contributed by atoms with Crippen LogP contribution in [0.3, 0.4) is 0 Å². The van der Waals surface area contributed by atoms with Crippen molar-refractivity contribution in [1.82, 2.24) is 15.5 Å². The summed E-state index contributed by atoms with van der Waals surface area (Å²) in [7, 11) is 0. The monoisotopic (exact) mass is 502 g/mol. The molecule has 0 saturated heterocycles. The Morgan fingerprint density at radius 1 is 0.886 bits per heavy atom. The van der Waals surface area contributed by atoms with Gasteiger partial charge in [-0.15, -0.1) is 0 Å². The highest BCUT2D eigenvalue weighted by Crippen LogP contribution is 2.17. The minimum Gasteiger partial charge on any atom is -0.481 e. The van der Waals surface area contributed by atoms with Crippen LogP contribution in [0, 0.1) is 5.92 Å². The molecule has 0 rings (SSSR count). The smallest absolute Gasteiger partial charge is 0.305 e. The quantitative estimate of drug-likeness (QED) is 0.129. The third-order valence-corrected chi connectivity index (χ3v) is 4.72. The molecule has 0 aliphatic rings. The fraction of sp³-hybridized carbons (Fsp3) is 0.600. The van der Waals surface area contributed by atoms with Crippen molar-refractivity contribution in [2.75, 3.05) is 0 Å². The van der Waals surface area contributed by atoms with E-state index in [1.807, 2.05) is 5.32 Å². The summed E-state index contributed by atoms with van der Waals surface area (Å²) in [6, 6.07) is -6.17. The molecule has 0 heterocycles. The van der Waals surface area contributed by atoms with Crippen LogP contribution in [0.15, 0.2) is 0 Å². The zero-order chi connectivity index (χ0) is 27.5. The van der Waals surface area contributed by atoms with Crippen molar-refractivity contribution >= 4 is 47.8 Å². The lowest BCUT2D eigenvalue weighted by molar-refractivity contribution is -0.150. The van der Waals surface area contributed by atoms with Crippen molar-refractivity contribution < 1.29 is 53.7 Å². The molecule has 0 spiro atoms. The van der Waals surface area contributed by atoms with Crippen LogP contribution in [-0.2, 0) is 38.4 Å². The second kappa shape index (κ2) is 14.4. The van der Waals surface area contributed by atoms with Crippen molar-refractivity contribution in [3.63, 3.8) is 0 Å². The van der Waals surface area contributed by atoms with Crippen LogP contribution in [0.1, 0.15) is 46.5 Å². The van der Waals surface area contributed by atoms with E-state index >= 15 is 0 Å². The van der Waals surface area contributed by atoms with Crippen LogP contribution < -0.4 is 16.4 Å². The zero-order valence-corrected chi connectivity index (χ0v) is 19.4. The highest BCUT2D eigenvalue weighted by atomic mass is 16.4. The molecule has 0 aliphatic carbocycles. The first-order valence-electron chi connectivity index (χ1n) is 10.4. The lowest BCUT2D eigenvalue weighted by atomic mass is 9.98. The van der Waals surface area contributed by atoms with Crippen LogP contribution in [0.2, 0.25) is 0 Å². The van der Waals surface area contributed by atoms with Crippen molar-refractivity contribution in [1.29, 1.82) is 0 Å². The number of carbonyl (C=O) groups excluding carboxylic acids is 5. The summed E-state index contributed by atoms with van der Waals surface area (Å²) in [6.45, 7) is 3.95. The number of nitrogens with zero attached hydrogens (tertiary/aromatic N) is 1. The maximum absolute atomic E-state index is 12.9. The van der Waals surface area contributed by atoms with Crippen LogP contribution in [0.5, 0.6) is 0 Å². The maximum Gasteiger partial charge on any atom is 0.305 e. The summed E-state index contributed by atoms with van der Waals surface area (Å²) in [5.41, 5.74) is 5.44. The van der Waals surface area contributed by atoms with E-state index < -0.39 is 97.3 Å². The van der Waals surface area contributed by atoms with Crippen molar-refractivity contribution in [3.05, 3.63) is 0 Å². The SMILES string of the molecule is CC(=O)N([C@H](C=O)CC(=O)O)[C@H](C(=O)NC(=O)[C@H](CCC(=O)O)NC(=O)[C@@H](N)CC(=O)O)C(C)C. The van der Waals surface area contributed by atoms with Gasteiger partial charge in [-0.25, -0.2) is 0 Å². The van der Waals surface area contributed by atoms with Gasteiger partial charge >= 0.3 is 17.9 Å². The van der Waals surface area contributed by atoms with Gasteiger partial charge in [0, 0.05) is 13.3 Å². The Kier molecular flexibility index (Phi) is 12.8. The molecule has 196 valence electrons. The number of nitrogens with two attached hydrogens (primary N) is 1. The summed E-state index contributed by atoms with van der Waals surface area (Å²) < 4.78 is 0. The molecule has 7 N–H and O–H groups in total. The Labute approximate surface area is 200 Å². The lowest BCUT2D eigenvalue weighted by Crippen LogP contribution is -2.59. The number of hydrogen-bond acceptors (Lipinski definition) is 9. The van der Waals surface area contributed by atoms with Gasteiger partial charge in [0.1, 0.15) is 18.4 Å². The molecule has 0 bridgehead atoms. The van der Waals surface area contributed by atoms with E-state index in [4.69, 9.17) is 21.1 Å². The number of nitrogens with one attached hydrogen (secondary N) is 2. The largest absolute Gasteiger partial charge is 0.481 e. The molecular weight excluding hydrogens is 472 g/mol. The number of carboxylic acids is 3. The van der Waals surface area contributed by atoms with Gasteiger partial charge in [0.15, 0.2) is 0 Å². The molecule has 15 nitrogen and oxygen atoms in total. The molecular formula is C20H30N4O11. The van der Waals surface area contributed by atoms with Gasteiger partial charge in [-0.05, 0) is 12.3 Å². The Bertz CT molecular complexity index is 858. The van der Waals surface area contributed by atoms with Crippen LogP contribution in [-0.4, -0.2) is 92.2 Å². The fourth-order valence-electron chi connectivity index (χ4n) is 3.16. The normalized spacial score (nSPS) is 14.1. The Hall–Kier alpha value is -3.88. The van der Waals surface area contributed by atoms with Crippen LogP contribution in [0.25, 0.3) is 0 Å². The van der Waals surface area contributed by atoms with Crippen molar-refractivity contribution in [2.24, 2.45) is 11.7 Å². The molecule has 4 atom stereocenters. The van der Waals surface area contributed by atoms with Crippen LogP contribution in [0.4, 0.5) is 0 Å². The Balaban J connectivity index is 5.87. The number of hydrogen-bond donors (Lipinski definition) is 6. The van der Waals surface area contributed by atoms with Crippen LogP contribution >= 0.6 is 0 Å². The average Bonchev–Trinajstić information content (AvgIpc) is 2.71. The molecule has 0 aromatic heterocycles. The number of aliphatic carboxylic acids is 3. The van der Waals surface area contributed by atoms with E-state index in [-0.39, 0.29) is 6.29 Å². The standard InChI is InChI=1S/C20H30N4O11/c1-9(2)17(24(10(3)26)11(8-25)6-15(29)30)20(35)23-19(34)13(4-5-14(27)28)22-18(33)12(21)7-16(31)32/h8-9,11-13,17H,4-7,21H2,1-3H3,(H,22,33)(H,27,28)(H,29,30)(H,31,32)(H,23,34,35)/t11-,12-,13-,17-/m0/s1. The van der Waals surface area contributed by atoms with E-state index in [1.165, 1.54) is 13.8 Å². The lowest BCUT2D eigenvalue weighted by Gasteiger charge is -2.36. The number of amides is 4. The molecule has 35 heavy (non-hydrogen) atoms. The molecule has 0 saturated carbocycles. The Morgan fingerprint density at radius 2 is 1.43 bits per heavy atom. The third kappa shape index (κ3) is 10.7. The third-order valence-electron chi connectivity index (χ3n) is 4.72. The summed E-state index contributed by atoms with van der Waals surface area (Å²) in [5, 5.41) is 30.7. The minimum absolute atomic E-state index is 0.180. The number of aldehydes is 1. The first-order valence-corrected chi connectivity index (χ1v) is 10.4. The highest BCUT2D eigenvalue weighted by molar-refractivity contribution is 6.03. The maximum atomic E-state index is 12.9. The predicted molar refractivity (Wildman–Crippen MR) is 115 cm³/mol. The number of imide groups is 1. The molecule has 4 amide bonds. The molecule has 0 unspecified atom stereocenters. The minimum atomic E-state index is -1.61. The molecule has 0 aromatic carbocycles. The van der Waals surface area contributed by atoms with Gasteiger partial charge in [0.25, 0.3) is 0 Å². The number of rotatable bonds is 15. The van der Waals surface area contributed by atoms with Gasteiger partial charge in [-0.3, -0.25) is 38.9 Å².